The number of urea groups is 1. The Bertz CT molecular complexity index is 953. The molecule has 144 valence electrons. The molecule has 1 atom stereocenters. The topological polar surface area (TPSA) is 75.7 Å². The van der Waals surface area contributed by atoms with E-state index in [2.05, 4.69) is 5.32 Å². The second kappa shape index (κ2) is 8.04. The largest absolute Gasteiger partial charge is 0.465 e. The normalized spacial score (nSPS) is 16.0. The summed E-state index contributed by atoms with van der Waals surface area (Å²) in [5.74, 6) is -1.02. The lowest BCUT2D eigenvalue weighted by atomic mass is 9.97. The maximum absolute atomic E-state index is 13.2. The van der Waals surface area contributed by atoms with E-state index < -0.39 is 23.9 Å². The summed E-state index contributed by atoms with van der Waals surface area (Å²) >= 11 is 0. The molecular weight excluding hydrogens is 363 g/mol. The van der Waals surface area contributed by atoms with Crippen LogP contribution in [0.25, 0.3) is 0 Å². The number of nitrogens with zero attached hydrogens (tertiary/aromatic N) is 1. The summed E-state index contributed by atoms with van der Waals surface area (Å²) in [6.45, 7) is 1.70. The number of ether oxygens (including phenoxy) is 1. The summed E-state index contributed by atoms with van der Waals surface area (Å²) in [4.78, 5) is 38.0. The fourth-order valence-corrected chi connectivity index (χ4v) is 3.08. The van der Waals surface area contributed by atoms with Crippen LogP contribution in [-0.2, 0) is 9.53 Å². The van der Waals surface area contributed by atoms with Crippen molar-refractivity contribution in [2.75, 3.05) is 12.4 Å². The number of nitrogens with one attached hydrogen (secondary N) is 1. The van der Waals surface area contributed by atoms with Crippen molar-refractivity contribution in [3.05, 3.63) is 77.2 Å². The van der Waals surface area contributed by atoms with Gasteiger partial charge in [0.1, 0.15) is 5.82 Å². The lowest BCUT2D eigenvalue weighted by molar-refractivity contribution is -0.116. The number of allylic oxidation sites excluding steroid dienone is 1. The van der Waals surface area contributed by atoms with Crippen LogP contribution in [0.2, 0.25) is 0 Å². The van der Waals surface area contributed by atoms with Gasteiger partial charge in [-0.25, -0.2) is 14.0 Å². The molecule has 3 rings (SSSR count). The Labute approximate surface area is 161 Å². The molecule has 0 bridgehead atoms. The zero-order valence-electron chi connectivity index (χ0n) is 15.4. The second-order valence-corrected chi connectivity index (χ2v) is 6.36. The average Bonchev–Trinajstić information content (AvgIpc) is 2.69. The van der Waals surface area contributed by atoms with Gasteiger partial charge in [0.2, 0.25) is 0 Å². The monoisotopic (exact) mass is 382 g/mol. The van der Waals surface area contributed by atoms with Gasteiger partial charge in [-0.2, -0.15) is 0 Å². The number of amides is 2. The molecule has 7 heteroatoms. The van der Waals surface area contributed by atoms with E-state index in [-0.39, 0.29) is 12.2 Å². The summed E-state index contributed by atoms with van der Waals surface area (Å²) in [6, 6.07) is 9.58. The van der Waals surface area contributed by atoms with Gasteiger partial charge in [-0.1, -0.05) is 18.2 Å². The van der Waals surface area contributed by atoms with Crippen molar-refractivity contribution >= 4 is 23.5 Å². The third-order valence-corrected chi connectivity index (χ3v) is 4.62. The number of benzene rings is 2. The molecule has 1 aliphatic rings. The number of ketones is 1. The van der Waals surface area contributed by atoms with E-state index in [1.807, 2.05) is 0 Å². The lowest BCUT2D eigenvalue weighted by Gasteiger charge is -2.31. The highest BCUT2D eigenvalue weighted by Gasteiger charge is 2.29. The van der Waals surface area contributed by atoms with E-state index in [0.29, 0.717) is 22.4 Å². The molecule has 0 saturated heterocycles. The van der Waals surface area contributed by atoms with Crippen LogP contribution in [0.4, 0.5) is 14.9 Å². The Kier molecular flexibility index (Phi) is 5.54. The molecule has 0 aromatic heterocycles. The molecule has 1 heterocycles. The number of methoxy groups -OCH3 is 1. The van der Waals surface area contributed by atoms with E-state index in [1.54, 1.807) is 37.3 Å². The number of rotatable bonds is 3. The van der Waals surface area contributed by atoms with Crippen molar-refractivity contribution in [3.8, 4) is 0 Å². The van der Waals surface area contributed by atoms with Gasteiger partial charge in [-0.15, -0.1) is 0 Å². The minimum Gasteiger partial charge on any atom is -0.465 e. The molecule has 2 aromatic rings. The molecule has 0 unspecified atom stereocenters. The predicted octanol–water partition coefficient (Wildman–Crippen LogP) is 3.98. The molecule has 0 saturated carbocycles. The Balaban J connectivity index is 1.88. The Morgan fingerprint density at radius 2 is 1.89 bits per heavy atom. The third-order valence-electron chi connectivity index (χ3n) is 4.62. The van der Waals surface area contributed by atoms with Crippen LogP contribution in [0.3, 0.4) is 0 Å². The van der Waals surface area contributed by atoms with Crippen molar-refractivity contribution in [2.45, 2.75) is 19.4 Å². The van der Waals surface area contributed by atoms with Crippen molar-refractivity contribution in [2.24, 2.45) is 0 Å². The molecule has 6 nitrogen and oxygen atoms in total. The molecule has 0 aliphatic carbocycles. The number of esters is 1. The summed E-state index contributed by atoms with van der Waals surface area (Å²) < 4.78 is 18.0. The fraction of sp³-hybridized carbons (Fsp3) is 0.190. The average molecular weight is 382 g/mol. The van der Waals surface area contributed by atoms with Gasteiger partial charge in [0.25, 0.3) is 0 Å². The van der Waals surface area contributed by atoms with E-state index in [9.17, 15) is 18.8 Å². The first kappa shape index (κ1) is 19.3. The van der Waals surface area contributed by atoms with E-state index in [1.165, 1.54) is 36.4 Å². The Hall–Kier alpha value is -3.48. The third kappa shape index (κ3) is 3.93. The van der Waals surface area contributed by atoms with Crippen molar-refractivity contribution in [1.29, 1.82) is 0 Å². The summed E-state index contributed by atoms with van der Waals surface area (Å²) in [5, 5.41) is 2.77. The molecule has 28 heavy (non-hydrogen) atoms. The van der Waals surface area contributed by atoms with Gasteiger partial charge in [0, 0.05) is 18.3 Å². The van der Waals surface area contributed by atoms with Gasteiger partial charge in [-0.05, 0) is 48.4 Å². The first-order valence-corrected chi connectivity index (χ1v) is 8.64. The zero-order chi connectivity index (χ0) is 20.3. The van der Waals surface area contributed by atoms with Crippen molar-refractivity contribution in [3.63, 3.8) is 0 Å². The van der Waals surface area contributed by atoms with Crippen LogP contribution in [0, 0.1) is 12.7 Å². The molecule has 0 spiro atoms. The van der Waals surface area contributed by atoms with E-state index >= 15 is 0 Å². The molecule has 2 aromatic carbocycles. The van der Waals surface area contributed by atoms with Crippen molar-refractivity contribution in [1.82, 2.24) is 4.90 Å². The summed E-state index contributed by atoms with van der Waals surface area (Å²) in [6.07, 6.45) is 2.84. The summed E-state index contributed by atoms with van der Waals surface area (Å²) in [5.41, 5.74) is 2.02. The minimum absolute atomic E-state index is 0.0940. The van der Waals surface area contributed by atoms with Crippen LogP contribution < -0.4 is 5.32 Å². The molecule has 2 amide bonds. The number of carbonyl (C=O) groups is 3. The number of carbonyl (C=O) groups excluding carboxylic acids is 3. The quantitative estimate of drug-likeness (QED) is 0.815. The SMILES string of the molecule is COC(=O)c1cccc(NC(=O)N2C=CC(=O)C[C@@H]2c2ccc(F)cc2)c1C. The predicted molar refractivity (Wildman–Crippen MR) is 101 cm³/mol. The van der Waals surface area contributed by atoms with Crippen LogP contribution in [-0.4, -0.2) is 29.8 Å². The van der Waals surface area contributed by atoms with E-state index in [4.69, 9.17) is 4.74 Å². The fourth-order valence-electron chi connectivity index (χ4n) is 3.08. The Morgan fingerprint density at radius 1 is 1.18 bits per heavy atom. The van der Waals surface area contributed by atoms with Crippen molar-refractivity contribution < 1.29 is 23.5 Å². The van der Waals surface area contributed by atoms with Crippen LogP contribution >= 0.6 is 0 Å². The first-order valence-electron chi connectivity index (χ1n) is 8.64. The number of anilines is 1. The van der Waals surface area contributed by atoms with Gasteiger partial charge in [0.15, 0.2) is 5.78 Å². The molecule has 0 fully saturated rings. The molecule has 1 N–H and O–H groups in total. The molecule has 1 aliphatic heterocycles. The minimum atomic E-state index is -0.554. The van der Waals surface area contributed by atoms with Crippen LogP contribution in [0.5, 0.6) is 0 Å². The zero-order valence-corrected chi connectivity index (χ0v) is 15.4. The lowest BCUT2D eigenvalue weighted by Crippen LogP contribution is -2.37. The summed E-state index contributed by atoms with van der Waals surface area (Å²) in [7, 11) is 1.29. The number of halogens is 1. The number of hydrogen-bond donors (Lipinski definition) is 1. The standard InChI is InChI=1S/C21H19FN2O4/c1-13-17(20(26)28-2)4-3-5-18(13)23-21(27)24-11-10-16(25)12-19(24)14-6-8-15(22)9-7-14/h3-11,19H,12H2,1-2H3,(H,23,27)/t19-/m1/s1. The molecule has 0 radical (unpaired) electrons. The Morgan fingerprint density at radius 3 is 2.57 bits per heavy atom. The highest BCUT2D eigenvalue weighted by molar-refractivity contribution is 5.98. The van der Waals surface area contributed by atoms with Crippen LogP contribution in [0.1, 0.15) is 33.9 Å². The maximum atomic E-state index is 13.2. The number of hydrogen-bond acceptors (Lipinski definition) is 4. The van der Waals surface area contributed by atoms with Gasteiger partial charge in [-0.3, -0.25) is 9.69 Å². The first-order chi connectivity index (χ1) is 13.4. The highest BCUT2D eigenvalue weighted by Crippen LogP contribution is 2.30. The smallest absolute Gasteiger partial charge is 0.338 e. The maximum Gasteiger partial charge on any atom is 0.338 e. The second-order valence-electron chi connectivity index (χ2n) is 6.36. The van der Waals surface area contributed by atoms with Gasteiger partial charge >= 0.3 is 12.0 Å². The van der Waals surface area contributed by atoms with E-state index in [0.717, 1.165) is 0 Å². The van der Waals surface area contributed by atoms with Gasteiger partial charge in [0.05, 0.1) is 18.7 Å². The van der Waals surface area contributed by atoms with Crippen LogP contribution in [0.15, 0.2) is 54.7 Å². The molecular formula is C21H19FN2O4. The van der Waals surface area contributed by atoms with Gasteiger partial charge < -0.3 is 10.1 Å². The highest BCUT2D eigenvalue weighted by atomic mass is 19.1.